The molecule has 24 heavy (non-hydrogen) atoms. The Kier molecular flexibility index (Phi) is 6.03. The number of aliphatic hydroxyl groups excluding tert-OH is 1. The first-order valence-corrected chi connectivity index (χ1v) is 8.47. The Labute approximate surface area is 148 Å². The summed E-state index contributed by atoms with van der Waals surface area (Å²) in [5, 5.41) is 13.6. The molecule has 2 aromatic rings. The molecule has 4 heteroatoms. The van der Waals surface area contributed by atoms with Gasteiger partial charge >= 0.3 is 0 Å². The molecule has 0 fully saturated rings. The topological polar surface area (TPSA) is 49.3 Å². The maximum absolute atomic E-state index is 12.2. The van der Waals surface area contributed by atoms with E-state index < -0.39 is 6.10 Å². The van der Waals surface area contributed by atoms with Crippen molar-refractivity contribution in [1.29, 1.82) is 0 Å². The van der Waals surface area contributed by atoms with E-state index in [4.69, 9.17) is 11.6 Å². The zero-order valence-electron chi connectivity index (χ0n) is 14.3. The molecular weight excluding hydrogens is 322 g/mol. The zero-order chi connectivity index (χ0) is 17.7. The van der Waals surface area contributed by atoms with Crippen molar-refractivity contribution in [1.82, 2.24) is 5.32 Å². The number of hydrogen-bond donors (Lipinski definition) is 2. The first-order chi connectivity index (χ1) is 11.3. The monoisotopic (exact) mass is 345 g/mol. The van der Waals surface area contributed by atoms with Gasteiger partial charge in [-0.05, 0) is 47.2 Å². The van der Waals surface area contributed by atoms with E-state index in [9.17, 15) is 9.90 Å². The second-order valence-corrected chi connectivity index (χ2v) is 7.38. The zero-order valence-corrected chi connectivity index (χ0v) is 15.1. The summed E-state index contributed by atoms with van der Waals surface area (Å²) in [7, 11) is 0. The molecule has 0 heterocycles. The summed E-state index contributed by atoms with van der Waals surface area (Å²) in [4.78, 5) is 12.2. The highest BCUT2D eigenvalue weighted by molar-refractivity contribution is 6.30. The van der Waals surface area contributed by atoms with E-state index in [1.807, 2.05) is 30.3 Å². The number of halogens is 1. The Morgan fingerprint density at radius 2 is 1.83 bits per heavy atom. The van der Waals surface area contributed by atoms with Crippen LogP contribution in [0, 0.1) is 0 Å². The standard InChI is InChI=1S/C20H24ClNO2/c1-20(2,3)16-9-7-14(8-10-16)19(24)22-12-11-18(23)15-5-4-6-17(21)13-15/h4-10,13,18,23H,11-12H2,1-3H3,(H,22,24)/t18-/m1/s1. The third-order valence-corrected chi connectivity index (χ3v) is 4.18. The van der Waals surface area contributed by atoms with Crippen molar-refractivity contribution in [2.24, 2.45) is 0 Å². The van der Waals surface area contributed by atoms with E-state index in [1.54, 1.807) is 18.2 Å². The number of hydrogen-bond acceptors (Lipinski definition) is 2. The molecule has 0 aliphatic rings. The quantitative estimate of drug-likeness (QED) is 0.838. The second kappa shape index (κ2) is 7.82. The lowest BCUT2D eigenvalue weighted by atomic mass is 9.87. The maximum Gasteiger partial charge on any atom is 0.251 e. The number of nitrogens with one attached hydrogen (secondary N) is 1. The maximum atomic E-state index is 12.2. The van der Waals surface area contributed by atoms with Crippen LogP contribution < -0.4 is 5.32 Å². The number of amides is 1. The first-order valence-electron chi connectivity index (χ1n) is 8.09. The minimum atomic E-state index is -0.646. The third-order valence-electron chi connectivity index (χ3n) is 3.95. The summed E-state index contributed by atoms with van der Waals surface area (Å²) in [5.74, 6) is -0.131. The molecule has 0 saturated heterocycles. The molecule has 0 unspecified atom stereocenters. The fourth-order valence-electron chi connectivity index (χ4n) is 2.43. The van der Waals surface area contributed by atoms with E-state index in [0.29, 0.717) is 23.6 Å². The fourth-order valence-corrected chi connectivity index (χ4v) is 2.63. The van der Waals surface area contributed by atoms with Gasteiger partial charge in [0.2, 0.25) is 0 Å². The van der Waals surface area contributed by atoms with Crippen LogP contribution in [-0.4, -0.2) is 17.6 Å². The van der Waals surface area contributed by atoms with E-state index in [2.05, 4.69) is 26.1 Å². The highest BCUT2D eigenvalue weighted by Gasteiger charge is 2.14. The average molecular weight is 346 g/mol. The van der Waals surface area contributed by atoms with Crippen molar-refractivity contribution >= 4 is 17.5 Å². The predicted octanol–water partition coefficient (Wildman–Crippen LogP) is 4.49. The van der Waals surface area contributed by atoms with Gasteiger partial charge in [-0.15, -0.1) is 0 Å². The highest BCUT2D eigenvalue weighted by Crippen LogP contribution is 2.22. The summed E-state index contributed by atoms with van der Waals surface area (Å²) in [6.07, 6.45) is -0.209. The lowest BCUT2D eigenvalue weighted by Gasteiger charge is -2.19. The predicted molar refractivity (Wildman–Crippen MR) is 98.5 cm³/mol. The molecule has 0 bridgehead atoms. The van der Waals surface area contributed by atoms with Crippen molar-refractivity contribution in [3.8, 4) is 0 Å². The summed E-state index contributed by atoms with van der Waals surface area (Å²) in [5.41, 5.74) is 2.64. The van der Waals surface area contributed by atoms with Gasteiger partial charge in [-0.25, -0.2) is 0 Å². The molecule has 2 rings (SSSR count). The van der Waals surface area contributed by atoms with Gasteiger partial charge in [0.15, 0.2) is 0 Å². The van der Waals surface area contributed by atoms with Gasteiger partial charge in [0.1, 0.15) is 0 Å². The Bertz CT molecular complexity index is 690. The molecule has 1 amide bonds. The molecular formula is C20H24ClNO2. The van der Waals surface area contributed by atoms with Gasteiger partial charge in [0, 0.05) is 17.1 Å². The van der Waals surface area contributed by atoms with Crippen LogP contribution in [0.4, 0.5) is 0 Å². The Hall–Kier alpha value is -1.84. The van der Waals surface area contributed by atoms with Crippen molar-refractivity contribution < 1.29 is 9.90 Å². The van der Waals surface area contributed by atoms with Crippen molar-refractivity contribution in [2.75, 3.05) is 6.54 Å². The molecule has 1 atom stereocenters. The highest BCUT2D eigenvalue weighted by atomic mass is 35.5. The number of benzene rings is 2. The van der Waals surface area contributed by atoms with Gasteiger partial charge in [-0.2, -0.15) is 0 Å². The van der Waals surface area contributed by atoms with Gasteiger partial charge in [0.05, 0.1) is 6.10 Å². The van der Waals surface area contributed by atoms with Crippen LogP contribution in [0.3, 0.4) is 0 Å². The van der Waals surface area contributed by atoms with Crippen LogP contribution in [0.25, 0.3) is 0 Å². The van der Waals surface area contributed by atoms with Gasteiger partial charge in [-0.1, -0.05) is 56.6 Å². The molecule has 0 radical (unpaired) electrons. The normalized spacial score (nSPS) is 12.7. The lowest BCUT2D eigenvalue weighted by molar-refractivity contribution is 0.0942. The second-order valence-electron chi connectivity index (χ2n) is 6.94. The van der Waals surface area contributed by atoms with Crippen molar-refractivity contribution in [2.45, 2.75) is 38.7 Å². The van der Waals surface area contributed by atoms with Crippen LogP contribution in [0.15, 0.2) is 48.5 Å². The molecule has 0 spiro atoms. The molecule has 0 saturated carbocycles. The number of carbonyl (C=O) groups excluding carboxylic acids is 1. The van der Waals surface area contributed by atoms with Crippen molar-refractivity contribution in [3.05, 3.63) is 70.2 Å². The summed E-state index contributed by atoms with van der Waals surface area (Å²) >= 11 is 5.92. The van der Waals surface area contributed by atoms with Crippen molar-refractivity contribution in [3.63, 3.8) is 0 Å². The minimum absolute atomic E-state index is 0.0655. The Morgan fingerprint density at radius 1 is 1.17 bits per heavy atom. The van der Waals surface area contributed by atoms with Gasteiger partial charge in [0.25, 0.3) is 5.91 Å². The largest absolute Gasteiger partial charge is 0.388 e. The van der Waals surface area contributed by atoms with Crippen LogP contribution in [0.1, 0.15) is 54.8 Å². The van der Waals surface area contributed by atoms with Crippen LogP contribution in [-0.2, 0) is 5.41 Å². The van der Waals surface area contributed by atoms with Crippen LogP contribution >= 0.6 is 11.6 Å². The Morgan fingerprint density at radius 3 is 2.42 bits per heavy atom. The van der Waals surface area contributed by atoms with E-state index in [1.165, 1.54) is 5.56 Å². The number of carbonyl (C=O) groups is 1. The van der Waals surface area contributed by atoms with E-state index in [0.717, 1.165) is 5.56 Å². The SMILES string of the molecule is CC(C)(C)c1ccc(C(=O)NCC[C@@H](O)c2cccc(Cl)c2)cc1. The fraction of sp³-hybridized carbons (Fsp3) is 0.350. The molecule has 0 aliphatic carbocycles. The lowest BCUT2D eigenvalue weighted by Crippen LogP contribution is -2.25. The molecule has 0 aromatic heterocycles. The minimum Gasteiger partial charge on any atom is -0.388 e. The van der Waals surface area contributed by atoms with Gasteiger partial charge in [-0.3, -0.25) is 4.79 Å². The van der Waals surface area contributed by atoms with Crippen LogP contribution in [0.2, 0.25) is 5.02 Å². The average Bonchev–Trinajstić information content (AvgIpc) is 2.54. The van der Waals surface area contributed by atoms with Gasteiger partial charge < -0.3 is 10.4 Å². The number of rotatable bonds is 5. The summed E-state index contributed by atoms with van der Waals surface area (Å²) in [6.45, 7) is 6.81. The van der Waals surface area contributed by atoms with E-state index in [-0.39, 0.29) is 11.3 Å². The number of aliphatic hydroxyl groups is 1. The summed E-state index contributed by atoms with van der Waals surface area (Å²) < 4.78 is 0. The summed E-state index contributed by atoms with van der Waals surface area (Å²) in [6, 6.07) is 14.8. The molecule has 0 aliphatic heterocycles. The molecule has 2 aromatic carbocycles. The molecule has 2 N–H and O–H groups in total. The third kappa shape index (κ3) is 5.08. The first kappa shape index (κ1) is 18.5. The Balaban J connectivity index is 1.87. The molecule has 128 valence electrons. The van der Waals surface area contributed by atoms with E-state index >= 15 is 0 Å². The molecule has 3 nitrogen and oxygen atoms in total. The van der Waals surface area contributed by atoms with Crippen LogP contribution in [0.5, 0.6) is 0 Å². The smallest absolute Gasteiger partial charge is 0.251 e.